The molecule has 0 aliphatic heterocycles. The van der Waals surface area contributed by atoms with Gasteiger partial charge in [0.05, 0.1) is 13.2 Å². The summed E-state index contributed by atoms with van der Waals surface area (Å²) in [6, 6.07) is 0. The molecular formula is C53H93O8P. The van der Waals surface area contributed by atoms with Gasteiger partial charge in [0, 0.05) is 12.8 Å². The Morgan fingerprint density at radius 1 is 0.452 bits per heavy atom. The Balaban J connectivity index is 4.04. The van der Waals surface area contributed by atoms with Crippen molar-refractivity contribution in [2.45, 2.75) is 232 Å². The second-order valence-electron chi connectivity index (χ2n) is 16.4. The van der Waals surface area contributed by atoms with Crippen LogP contribution in [0.5, 0.6) is 0 Å². The van der Waals surface area contributed by atoms with E-state index >= 15 is 0 Å². The predicted molar refractivity (Wildman–Crippen MR) is 262 cm³/mol. The van der Waals surface area contributed by atoms with E-state index in [0.29, 0.717) is 6.42 Å². The normalized spacial score (nSPS) is 13.8. The molecule has 62 heavy (non-hydrogen) atoms. The number of carbonyl (C=O) groups is 2. The zero-order chi connectivity index (χ0) is 45.3. The summed E-state index contributed by atoms with van der Waals surface area (Å²) >= 11 is 0. The third-order valence-electron chi connectivity index (χ3n) is 10.5. The van der Waals surface area contributed by atoms with Crippen molar-refractivity contribution in [1.82, 2.24) is 0 Å². The number of hydrogen-bond donors (Lipinski definition) is 1. The molecule has 0 aromatic rings. The third-order valence-corrected chi connectivity index (χ3v) is 11.6. The lowest BCUT2D eigenvalue weighted by molar-refractivity contribution is -0.161. The Morgan fingerprint density at radius 2 is 0.823 bits per heavy atom. The van der Waals surface area contributed by atoms with Crippen LogP contribution in [0.4, 0.5) is 0 Å². The van der Waals surface area contributed by atoms with Crippen LogP contribution >= 0.6 is 7.82 Å². The molecule has 9 heteroatoms. The molecule has 358 valence electrons. The highest BCUT2D eigenvalue weighted by Crippen LogP contribution is 2.43. The van der Waals surface area contributed by atoms with E-state index in [9.17, 15) is 19.0 Å². The highest BCUT2D eigenvalue weighted by molar-refractivity contribution is 7.47. The predicted octanol–water partition coefficient (Wildman–Crippen LogP) is 16.5. The molecule has 2 atom stereocenters. The Morgan fingerprint density at radius 3 is 1.27 bits per heavy atom. The summed E-state index contributed by atoms with van der Waals surface area (Å²) in [6.07, 6.45) is 61.1. The topological polar surface area (TPSA) is 108 Å². The molecule has 0 fully saturated rings. The molecule has 1 N–H and O–H groups in total. The maximum Gasteiger partial charge on any atom is 0.472 e. The molecule has 0 rings (SSSR count). The number of ether oxygens (including phenoxy) is 2. The van der Waals surface area contributed by atoms with E-state index in [1.54, 1.807) is 6.92 Å². The standard InChI is InChI=1S/C53H93O8P/c1-4-7-9-11-13-15-17-19-21-23-25-26-27-28-30-31-33-35-37-39-41-43-45-47-52(54)58-49-51(50-60-62(56,57)59-6-3)61-53(55)48-46-44-42-40-38-36-34-32-29-24-22-20-18-16-14-12-10-8-5-2/h8,10,14,16,20,22-23,25,29,32,36,38,51H,4-7,9,11-13,15,17-19,21,24,26-28,30-31,33-35,37,39-50H2,1-3H3,(H,56,57)/b10-8-,16-14-,22-20-,25-23-,32-29-,38-36-. The van der Waals surface area contributed by atoms with Crippen molar-refractivity contribution in [1.29, 1.82) is 0 Å². The zero-order valence-electron chi connectivity index (χ0n) is 40.0. The van der Waals surface area contributed by atoms with Crippen LogP contribution in [-0.2, 0) is 32.7 Å². The van der Waals surface area contributed by atoms with Crippen molar-refractivity contribution >= 4 is 19.8 Å². The molecule has 0 heterocycles. The van der Waals surface area contributed by atoms with Crippen molar-refractivity contribution in [2.75, 3.05) is 19.8 Å². The van der Waals surface area contributed by atoms with Gasteiger partial charge in [-0.15, -0.1) is 0 Å². The minimum Gasteiger partial charge on any atom is -0.462 e. The minimum absolute atomic E-state index is 0.00935. The monoisotopic (exact) mass is 889 g/mol. The van der Waals surface area contributed by atoms with Gasteiger partial charge in [0.25, 0.3) is 0 Å². The SMILES string of the molecule is CC/C=C\C/C=C\C/C=C\C/C=C\C/C=C\CCCCCC(=O)OC(COC(=O)CCCCCCCCCCCCC/C=C\CCCCCCCCCC)COP(=O)(O)OCC. The minimum atomic E-state index is -4.30. The van der Waals surface area contributed by atoms with Gasteiger partial charge >= 0.3 is 19.8 Å². The first kappa shape index (κ1) is 59.5. The second kappa shape index (κ2) is 48.0. The first-order valence-electron chi connectivity index (χ1n) is 25.2. The largest absolute Gasteiger partial charge is 0.472 e. The first-order chi connectivity index (χ1) is 30.3. The van der Waals surface area contributed by atoms with Crippen molar-refractivity contribution in [2.24, 2.45) is 0 Å². The molecule has 0 saturated heterocycles. The van der Waals surface area contributed by atoms with E-state index in [0.717, 1.165) is 70.6 Å². The fourth-order valence-corrected chi connectivity index (χ4v) is 7.58. The molecule has 0 saturated carbocycles. The van der Waals surface area contributed by atoms with Crippen LogP contribution < -0.4 is 0 Å². The molecule has 0 radical (unpaired) electrons. The van der Waals surface area contributed by atoms with Gasteiger partial charge in [-0.1, -0.05) is 196 Å². The van der Waals surface area contributed by atoms with Crippen LogP contribution in [0.15, 0.2) is 72.9 Å². The van der Waals surface area contributed by atoms with Crippen LogP contribution in [0.2, 0.25) is 0 Å². The summed E-state index contributed by atoms with van der Waals surface area (Å²) in [5.41, 5.74) is 0. The summed E-state index contributed by atoms with van der Waals surface area (Å²) in [5.74, 6) is -0.835. The number of hydrogen-bond acceptors (Lipinski definition) is 7. The highest BCUT2D eigenvalue weighted by atomic mass is 31.2. The Bertz CT molecular complexity index is 1240. The molecular weight excluding hydrogens is 796 g/mol. The number of carbonyl (C=O) groups excluding carboxylic acids is 2. The average molecular weight is 889 g/mol. The molecule has 8 nitrogen and oxygen atoms in total. The Labute approximate surface area is 381 Å². The summed E-state index contributed by atoms with van der Waals surface area (Å²) in [6.45, 7) is 5.34. The maximum absolute atomic E-state index is 12.6. The van der Waals surface area contributed by atoms with Gasteiger partial charge in [-0.2, -0.15) is 0 Å². The Hall–Kier alpha value is -2.51. The summed E-state index contributed by atoms with van der Waals surface area (Å²) in [5, 5.41) is 0. The van der Waals surface area contributed by atoms with Gasteiger partial charge in [-0.25, -0.2) is 4.57 Å². The van der Waals surface area contributed by atoms with Gasteiger partial charge in [0.15, 0.2) is 6.10 Å². The van der Waals surface area contributed by atoms with Crippen molar-refractivity contribution in [3.63, 3.8) is 0 Å². The van der Waals surface area contributed by atoms with E-state index in [-0.39, 0.29) is 32.0 Å². The van der Waals surface area contributed by atoms with Crippen LogP contribution in [-0.4, -0.2) is 42.8 Å². The van der Waals surface area contributed by atoms with Crippen molar-refractivity contribution in [3.05, 3.63) is 72.9 Å². The number of phosphoric ester groups is 1. The third kappa shape index (κ3) is 47.0. The van der Waals surface area contributed by atoms with E-state index in [1.165, 1.54) is 116 Å². The second-order valence-corrected chi connectivity index (χ2v) is 17.9. The van der Waals surface area contributed by atoms with Crippen LogP contribution in [0.1, 0.15) is 226 Å². The van der Waals surface area contributed by atoms with E-state index < -0.39 is 26.5 Å². The number of rotatable bonds is 46. The van der Waals surface area contributed by atoms with Gasteiger partial charge in [-0.3, -0.25) is 18.6 Å². The summed E-state index contributed by atoms with van der Waals surface area (Å²) in [4.78, 5) is 34.9. The maximum atomic E-state index is 12.6. The number of phosphoric acid groups is 1. The number of esters is 2. The van der Waals surface area contributed by atoms with Crippen LogP contribution in [0.25, 0.3) is 0 Å². The fraction of sp³-hybridized carbons (Fsp3) is 0.736. The Kier molecular flexibility index (Phi) is 46.0. The number of allylic oxidation sites excluding steroid dienone is 12. The molecule has 2 unspecified atom stereocenters. The summed E-state index contributed by atoms with van der Waals surface area (Å²) in [7, 11) is -4.30. The zero-order valence-corrected chi connectivity index (χ0v) is 40.9. The van der Waals surface area contributed by atoms with Gasteiger partial charge in [0.2, 0.25) is 0 Å². The van der Waals surface area contributed by atoms with Crippen molar-refractivity contribution < 1.29 is 37.6 Å². The van der Waals surface area contributed by atoms with E-state index in [1.807, 2.05) is 0 Å². The molecule has 0 bridgehead atoms. The highest BCUT2D eigenvalue weighted by Gasteiger charge is 2.25. The van der Waals surface area contributed by atoms with Crippen LogP contribution in [0.3, 0.4) is 0 Å². The number of unbranched alkanes of at least 4 members (excludes halogenated alkanes) is 22. The van der Waals surface area contributed by atoms with Gasteiger partial charge in [-0.05, 0) is 90.4 Å². The quantitative estimate of drug-likeness (QED) is 0.0279. The summed E-state index contributed by atoms with van der Waals surface area (Å²) < 4.78 is 32.7. The smallest absolute Gasteiger partial charge is 0.462 e. The van der Waals surface area contributed by atoms with Crippen LogP contribution in [0, 0.1) is 0 Å². The molecule has 0 amide bonds. The molecule has 0 aliphatic carbocycles. The molecule has 0 aromatic carbocycles. The lowest BCUT2D eigenvalue weighted by Crippen LogP contribution is -2.29. The lowest BCUT2D eigenvalue weighted by atomic mass is 10.0. The van der Waals surface area contributed by atoms with Gasteiger partial charge < -0.3 is 14.4 Å². The first-order valence-corrected chi connectivity index (χ1v) is 26.7. The fourth-order valence-electron chi connectivity index (χ4n) is 6.83. The molecule has 0 spiro atoms. The van der Waals surface area contributed by atoms with Gasteiger partial charge in [0.1, 0.15) is 6.61 Å². The average Bonchev–Trinajstić information content (AvgIpc) is 3.25. The molecule has 0 aromatic heterocycles. The lowest BCUT2D eigenvalue weighted by Gasteiger charge is -2.19. The molecule has 0 aliphatic rings. The van der Waals surface area contributed by atoms with E-state index in [4.69, 9.17) is 18.5 Å². The van der Waals surface area contributed by atoms with E-state index in [2.05, 4.69) is 86.8 Å². The van der Waals surface area contributed by atoms with Crippen molar-refractivity contribution in [3.8, 4) is 0 Å².